The van der Waals surface area contributed by atoms with E-state index in [0.717, 1.165) is 12.8 Å². The van der Waals surface area contributed by atoms with E-state index in [1.165, 1.54) is 7.11 Å². The van der Waals surface area contributed by atoms with Crippen LogP contribution in [0, 0.1) is 5.92 Å². The summed E-state index contributed by atoms with van der Waals surface area (Å²) in [6.45, 7) is 6.10. The molecular weight excluding hydrogens is 246 g/mol. The minimum absolute atomic E-state index is 0.309. The average Bonchev–Trinajstić information content (AvgIpc) is 2.36. The molecule has 108 valence electrons. The predicted octanol–water partition coefficient (Wildman–Crippen LogP) is 2.34. The van der Waals surface area contributed by atoms with Crippen molar-refractivity contribution in [3.8, 4) is 0 Å². The summed E-state index contributed by atoms with van der Waals surface area (Å²) < 4.78 is 10.4. The molecule has 0 N–H and O–H groups in total. The van der Waals surface area contributed by atoms with Crippen molar-refractivity contribution >= 4 is 12.1 Å². The second-order valence-corrected chi connectivity index (χ2v) is 6.56. The molecule has 1 aliphatic carbocycles. The molecule has 2 bridgehead atoms. The predicted molar refractivity (Wildman–Crippen MR) is 69.6 cm³/mol. The third kappa shape index (κ3) is 2.55. The van der Waals surface area contributed by atoms with Gasteiger partial charge in [-0.25, -0.2) is 9.59 Å². The van der Waals surface area contributed by atoms with Crippen molar-refractivity contribution < 1.29 is 19.1 Å². The van der Waals surface area contributed by atoms with E-state index < -0.39 is 17.2 Å². The minimum Gasteiger partial charge on any atom is -0.467 e. The molecule has 2 saturated heterocycles. The quantitative estimate of drug-likeness (QED) is 0.686. The summed E-state index contributed by atoms with van der Waals surface area (Å²) in [7, 11) is 1.38. The van der Waals surface area contributed by atoms with E-state index in [-0.39, 0.29) is 5.97 Å². The largest absolute Gasteiger partial charge is 0.467 e. The molecule has 3 fully saturated rings. The van der Waals surface area contributed by atoms with E-state index in [1.54, 1.807) is 4.90 Å². The van der Waals surface area contributed by atoms with Gasteiger partial charge in [-0.1, -0.05) is 0 Å². The zero-order valence-electron chi connectivity index (χ0n) is 12.2. The van der Waals surface area contributed by atoms with Gasteiger partial charge in [-0.05, 0) is 52.4 Å². The maximum absolute atomic E-state index is 12.3. The van der Waals surface area contributed by atoms with Crippen LogP contribution in [0.25, 0.3) is 0 Å². The van der Waals surface area contributed by atoms with Gasteiger partial charge in [0, 0.05) is 6.54 Å². The molecular formula is C14H23NO4. The molecule has 1 saturated carbocycles. The number of carbonyl (C=O) groups excluding carboxylic acids is 2. The highest BCUT2D eigenvalue weighted by Crippen LogP contribution is 2.44. The molecule has 0 unspecified atom stereocenters. The van der Waals surface area contributed by atoms with Gasteiger partial charge >= 0.3 is 12.1 Å². The molecule has 2 heterocycles. The van der Waals surface area contributed by atoms with Crippen LogP contribution in [0.15, 0.2) is 0 Å². The second-order valence-electron chi connectivity index (χ2n) is 6.56. The first kappa shape index (κ1) is 14.2. The van der Waals surface area contributed by atoms with E-state index in [4.69, 9.17) is 9.47 Å². The van der Waals surface area contributed by atoms with Crippen LogP contribution in [0.2, 0.25) is 0 Å². The number of hydrogen-bond donors (Lipinski definition) is 0. The summed E-state index contributed by atoms with van der Waals surface area (Å²) in [5.41, 5.74) is -1.35. The molecule has 2 aliphatic heterocycles. The van der Waals surface area contributed by atoms with Crippen molar-refractivity contribution in [1.29, 1.82) is 0 Å². The smallest absolute Gasteiger partial charge is 0.411 e. The van der Waals surface area contributed by atoms with Crippen LogP contribution in [0.5, 0.6) is 0 Å². The summed E-state index contributed by atoms with van der Waals surface area (Å²) in [6.07, 6.45) is 2.93. The molecule has 5 heteroatoms. The fourth-order valence-corrected chi connectivity index (χ4v) is 3.11. The third-order valence-corrected chi connectivity index (χ3v) is 4.07. The van der Waals surface area contributed by atoms with Gasteiger partial charge in [-0.3, -0.25) is 4.90 Å². The highest BCUT2D eigenvalue weighted by atomic mass is 16.6. The summed E-state index contributed by atoms with van der Waals surface area (Å²) in [5, 5.41) is 0. The number of amides is 1. The van der Waals surface area contributed by atoms with Crippen molar-refractivity contribution in [3.63, 3.8) is 0 Å². The Hall–Kier alpha value is -1.26. The van der Waals surface area contributed by atoms with Crippen LogP contribution in [0.3, 0.4) is 0 Å². The Labute approximate surface area is 114 Å². The lowest BCUT2D eigenvalue weighted by Crippen LogP contribution is -2.65. The first-order valence-electron chi connectivity index (χ1n) is 6.87. The van der Waals surface area contributed by atoms with E-state index in [1.807, 2.05) is 20.8 Å². The van der Waals surface area contributed by atoms with Crippen LogP contribution in [0.4, 0.5) is 4.79 Å². The fraction of sp³-hybridized carbons (Fsp3) is 0.857. The Morgan fingerprint density at radius 2 is 1.79 bits per heavy atom. The molecule has 3 aliphatic rings. The number of methoxy groups -OCH3 is 1. The van der Waals surface area contributed by atoms with Gasteiger partial charge in [-0.15, -0.1) is 0 Å². The van der Waals surface area contributed by atoms with Crippen LogP contribution in [-0.2, 0) is 14.3 Å². The fourth-order valence-electron chi connectivity index (χ4n) is 3.11. The van der Waals surface area contributed by atoms with Crippen molar-refractivity contribution in [2.45, 2.75) is 57.6 Å². The number of esters is 1. The molecule has 0 aromatic rings. The molecule has 0 aromatic carbocycles. The van der Waals surface area contributed by atoms with Crippen LogP contribution >= 0.6 is 0 Å². The first-order valence-corrected chi connectivity index (χ1v) is 6.87. The number of fused-ring (bicyclic) bond motifs is 3. The summed E-state index contributed by atoms with van der Waals surface area (Å²) in [6, 6.07) is 0. The molecule has 19 heavy (non-hydrogen) atoms. The minimum atomic E-state index is -0.800. The van der Waals surface area contributed by atoms with Gasteiger partial charge in [0.05, 0.1) is 7.11 Å². The molecule has 5 nitrogen and oxygen atoms in total. The molecule has 0 aromatic heterocycles. The number of carbonyl (C=O) groups is 2. The lowest BCUT2D eigenvalue weighted by molar-refractivity contribution is -0.164. The normalized spacial score (nSPS) is 30.1. The number of piperidine rings is 2. The van der Waals surface area contributed by atoms with Crippen LogP contribution < -0.4 is 0 Å². The monoisotopic (exact) mass is 269 g/mol. The summed E-state index contributed by atoms with van der Waals surface area (Å²) in [4.78, 5) is 26.1. The van der Waals surface area contributed by atoms with E-state index in [9.17, 15) is 9.59 Å². The van der Waals surface area contributed by atoms with Gasteiger partial charge in [0.2, 0.25) is 0 Å². The topological polar surface area (TPSA) is 55.8 Å². The van der Waals surface area contributed by atoms with Crippen molar-refractivity contribution in [2.24, 2.45) is 5.92 Å². The zero-order chi connectivity index (χ0) is 14.3. The Bertz CT molecular complexity index is 377. The van der Waals surface area contributed by atoms with E-state index in [2.05, 4.69) is 0 Å². The highest BCUT2D eigenvalue weighted by Gasteiger charge is 2.55. The van der Waals surface area contributed by atoms with Crippen molar-refractivity contribution in [3.05, 3.63) is 0 Å². The summed E-state index contributed by atoms with van der Waals surface area (Å²) >= 11 is 0. The van der Waals surface area contributed by atoms with Gasteiger partial charge in [0.15, 0.2) is 0 Å². The number of hydrogen-bond acceptors (Lipinski definition) is 4. The molecule has 1 amide bonds. The number of nitrogens with zero attached hydrogens (tertiary/aromatic N) is 1. The Morgan fingerprint density at radius 3 is 2.26 bits per heavy atom. The Morgan fingerprint density at radius 1 is 1.21 bits per heavy atom. The van der Waals surface area contributed by atoms with Crippen LogP contribution in [0.1, 0.15) is 46.5 Å². The molecule has 0 radical (unpaired) electrons. The maximum Gasteiger partial charge on any atom is 0.411 e. The Balaban J connectivity index is 2.22. The summed E-state index contributed by atoms with van der Waals surface area (Å²) in [5.74, 6) is 0.176. The first-order chi connectivity index (χ1) is 8.78. The van der Waals surface area contributed by atoms with Crippen molar-refractivity contribution in [2.75, 3.05) is 13.7 Å². The van der Waals surface area contributed by atoms with E-state index >= 15 is 0 Å². The van der Waals surface area contributed by atoms with Crippen LogP contribution in [-0.4, -0.2) is 41.8 Å². The Kier molecular flexibility index (Phi) is 3.49. The van der Waals surface area contributed by atoms with Gasteiger partial charge in [0.25, 0.3) is 0 Å². The molecule has 0 spiro atoms. The standard InChI is InChI=1S/C14H23NO4/c1-13(2,3)19-12(17)15-9-10-5-7-14(15,8-6-10)11(16)18-4/h10H,5-9H2,1-4H3. The lowest BCUT2D eigenvalue weighted by atomic mass is 9.70. The highest BCUT2D eigenvalue weighted by molar-refractivity contribution is 5.86. The second kappa shape index (κ2) is 4.69. The van der Waals surface area contributed by atoms with E-state index in [0.29, 0.717) is 25.3 Å². The molecule has 0 atom stereocenters. The van der Waals surface area contributed by atoms with Gasteiger partial charge in [0.1, 0.15) is 11.1 Å². The number of ether oxygens (including phenoxy) is 2. The zero-order valence-corrected chi connectivity index (χ0v) is 12.2. The number of rotatable bonds is 1. The average molecular weight is 269 g/mol. The van der Waals surface area contributed by atoms with Gasteiger partial charge in [-0.2, -0.15) is 0 Å². The maximum atomic E-state index is 12.3. The SMILES string of the molecule is COC(=O)C12CCC(CC1)CN2C(=O)OC(C)(C)C. The van der Waals surface area contributed by atoms with Crippen molar-refractivity contribution in [1.82, 2.24) is 4.90 Å². The molecule has 3 rings (SSSR count). The van der Waals surface area contributed by atoms with Gasteiger partial charge < -0.3 is 9.47 Å². The lowest BCUT2D eigenvalue weighted by Gasteiger charge is -2.52. The third-order valence-electron chi connectivity index (χ3n) is 4.07.